The summed E-state index contributed by atoms with van der Waals surface area (Å²) in [6.45, 7) is 2.83. The highest BCUT2D eigenvalue weighted by Crippen LogP contribution is 2.47. The Labute approximate surface area is 159 Å². The molecular formula is C23H23N3O. The number of aromatic nitrogens is 1. The molecule has 3 aliphatic rings. The van der Waals surface area contributed by atoms with Gasteiger partial charge in [0.15, 0.2) is 0 Å². The summed E-state index contributed by atoms with van der Waals surface area (Å²) < 4.78 is 2.26. The SMILES string of the molecule is O=C1[C@H]2CCCN3CCc4c(n(c5ccccc45)N1Cc1ccccc1)[C@@H]23. The van der Waals surface area contributed by atoms with Crippen LogP contribution in [0.25, 0.3) is 10.9 Å². The van der Waals surface area contributed by atoms with Crippen LogP contribution in [0, 0.1) is 5.92 Å². The Hall–Kier alpha value is -2.59. The maximum atomic E-state index is 13.6. The molecule has 4 heteroatoms. The van der Waals surface area contributed by atoms with Crippen LogP contribution in [0.5, 0.6) is 0 Å². The van der Waals surface area contributed by atoms with E-state index in [2.05, 4.69) is 58.1 Å². The van der Waals surface area contributed by atoms with Gasteiger partial charge >= 0.3 is 0 Å². The molecule has 4 nitrogen and oxygen atoms in total. The number of carbonyl (C=O) groups is 1. The average Bonchev–Trinajstić information content (AvgIpc) is 3.06. The number of rotatable bonds is 2. The van der Waals surface area contributed by atoms with Crippen LogP contribution in [0.1, 0.15) is 35.7 Å². The van der Waals surface area contributed by atoms with Gasteiger partial charge in [0.1, 0.15) is 0 Å². The zero-order valence-corrected chi connectivity index (χ0v) is 15.3. The number of carbonyl (C=O) groups excluding carboxylic acids is 1. The van der Waals surface area contributed by atoms with Crippen LogP contribution in [-0.2, 0) is 17.8 Å². The largest absolute Gasteiger partial charge is 0.294 e. The fraction of sp³-hybridized carbons (Fsp3) is 0.348. The van der Waals surface area contributed by atoms with Crippen molar-refractivity contribution in [2.45, 2.75) is 31.8 Å². The van der Waals surface area contributed by atoms with E-state index >= 15 is 0 Å². The number of hydrogen-bond acceptors (Lipinski definition) is 2. The standard InChI is InChI=1S/C23H23N3O/c27-23-19-10-6-13-24-14-12-18-17-9-4-5-11-20(17)26(22(18)21(19)24)25(23)15-16-7-2-1-3-8-16/h1-5,7-9,11,19,21H,6,10,12-15H2/t19-,21+/m0/s1. The Kier molecular flexibility index (Phi) is 3.27. The van der Waals surface area contributed by atoms with E-state index < -0.39 is 0 Å². The van der Waals surface area contributed by atoms with Crippen LogP contribution in [0.15, 0.2) is 54.6 Å². The van der Waals surface area contributed by atoms with Gasteiger partial charge in [0, 0.05) is 11.9 Å². The quantitative estimate of drug-likeness (QED) is 0.701. The molecule has 0 bridgehead atoms. The predicted octanol–water partition coefficient (Wildman–Crippen LogP) is 3.63. The number of fused-ring (bicyclic) bond motifs is 3. The van der Waals surface area contributed by atoms with E-state index in [-0.39, 0.29) is 17.9 Å². The topological polar surface area (TPSA) is 28.5 Å². The fourth-order valence-corrected chi connectivity index (χ4v) is 5.52. The van der Waals surface area contributed by atoms with Gasteiger partial charge in [-0.15, -0.1) is 0 Å². The lowest BCUT2D eigenvalue weighted by molar-refractivity contribution is -0.130. The third-order valence-electron chi connectivity index (χ3n) is 6.65. The molecule has 0 spiro atoms. The third kappa shape index (κ3) is 2.10. The highest BCUT2D eigenvalue weighted by Gasteiger charge is 2.48. The molecule has 1 saturated heterocycles. The molecule has 3 aliphatic heterocycles. The molecule has 1 aromatic heterocycles. The van der Waals surface area contributed by atoms with E-state index in [4.69, 9.17) is 0 Å². The summed E-state index contributed by atoms with van der Waals surface area (Å²) in [6.07, 6.45) is 3.22. The van der Waals surface area contributed by atoms with Crippen molar-refractivity contribution in [3.05, 3.63) is 71.4 Å². The molecule has 2 aromatic carbocycles. The second kappa shape index (κ2) is 5.70. The Morgan fingerprint density at radius 3 is 2.67 bits per heavy atom. The number of nitrogens with zero attached hydrogens (tertiary/aromatic N) is 3. The van der Waals surface area contributed by atoms with E-state index in [0.29, 0.717) is 6.54 Å². The Balaban J connectivity index is 1.60. The molecule has 136 valence electrons. The first-order chi connectivity index (χ1) is 13.3. The van der Waals surface area contributed by atoms with Crippen molar-refractivity contribution >= 4 is 16.8 Å². The second-order valence-electron chi connectivity index (χ2n) is 8.05. The minimum Gasteiger partial charge on any atom is -0.294 e. The van der Waals surface area contributed by atoms with E-state index in [1.807, 2.05) is 11.1 Å². The van der Waals surface area contributed by atoms with Crippen LogP contribution >= 0.6 is 0 Å². The van der Waals surface area contributed by atoms with Crippen molar-refractivity contribution in [3.8, 4) is 0 Å². The van der Waals surface area contributed by atoms with Crippen LogP contribution in [-0.4, -0.2) is 28.6 Å². The summed E-state index contributed by atoms with van der Waals surface area (Å²) in [7, 11) is 0. The minimum absolute atomic E-state index is 0.0957. The van der Waals surface area contributed by atoms with E-state index in [9.17, 15) is 4.79 Å². The highest BCUT2D eigenvalue weighted by atomic mass is 16.2. The molecule has 0 radical (unpaired) electrons. The smallest absolute Gasteiger partial charge is 0.246 e. The molecule has 0 saturated carbocycles. The third-order valence-corrected chi connectivity index (χ3v) is 6.65. The number of piperidine rings is 1. The highest BCUT2D eigenvalue weighted by molar-refractivity contribution is 5.96. The number of amides is 1. The summed E-state index contributed by atoms with van der Waals surface area (Å²) in [4.78, 5) is 16.2. The van der Waals surface area contributed by atoms with Gasteiger partial charge in [-0.1, -0.05) is 48.5 Å². The lowest BCUT2D eigenvalue weighted by atomic mass is 9.81. The second-order valence-corrected chi connectivity index (χ2v) is 8.05. The summed E-state index contributed by atoms with van der Waals surface area (Å²) in [5, 5.41) is 3.34. The van der Waals surface area contributed by atoms with Crippen LogP contribution in [0.4, 0.5) is 0 Å². The summed E-state index contributed by atoms with van der Waals surface area (Å²) in [5.41, 5.74) is 5.20. The fourth-order valence-electron chi connectivity index (χ4n) is 5.52. The summed E-state index contributed by atoms with van der Waals surface area (Å²) in [5.74, 6) is 0.383. The lowest BCUT2D eigenvalue weighted by Gasteiger charge is -2.49. The average molecular weight is 357 g/mol. The van der Waals surface area contributed by atoms with Crippen molar-refractivity contribution in [2.24, 2.45) is 5.92 Å². The normalized spacial score (nSPS) is 24.3. The van der Waals surface area contributed by atoms with Crippen LogP contribution in [0.2, 0.25) is 0 Å². The molecule has 1 fully saturated rings. The van der Waals surface area contributed by atoms with Gasteiger partial charge in [0.2, 0.25) is 5.91 Å². The Bertz CT molecular complexity index is 1040. The number of benzene rings is 2. The molecule has 27 heavy (non-hydrogen) atoms. The van der Waals surface area contributed by atoms with Gasteiger partial charge in [-0.25, -0.2) is 5.01 Å². The molecule has 0 N–H and O–H groups in total. The van der Waals surface area contributed by atoms with Gasteiger partial charge in [-0.05, 0) is 43.0 Å². The van der Waals surface area contributed by atoms with E-state index in [1.54, 1.807) is 0 Å². The lowest BCUT2D eigenvalue weighted by Crippen LogP contribution is -2.57. The molecule has 1 amide bonds. The number of hydrogen-bond donors (Lipinski definition) is 0. The zero-order valence-electron chi connectivity index (χ0n) is 15.3. The van der Waals surface area contributed by atoms with Crippen molar-refractivity contribution in [1.82, 2.24) is 9.58 Å². The summed E-state index contributed by atoms with van der Waals surface area (Å²) in [6, 6.07) is 19.2. The molecule has 2 atom stereocenters. The van der Waals surface area contributed by atoms with Crippen molar-refractivity contribution in [2.75, 3.05) is 18.1 Å². The first kappa shape index (κ1) is 15.5. The zero-order chi connectivity index (χ0) is 18.0. The monoisotopic (exact) mass is 357 g/mol. The molecular weight excluding hydrogens is 334 g/mol. The molecule has 4 heterocycles. The van der Waals surface area contributed by atoms with Crippen molar-refractivity contribution < 1.29 is 4.79 Å². The molecule has 6 rings (SSSR count). The van der Waals surface area contributed by atoms with Crippen LogP contribution < -0.4 is 5.01 Å². The van der Waals surface area contributed by atoms with Crippen LogP contribution in [0.3, 0.4) is 0 Å². The minimum atomic E-state index is 0.0957. The Morgan fingerprint density at radius 2 is 1.78 bits per heavy atom. The van der Waals surface area contributed by atoms with Gasteiger partial charge < -0.3 is 0 Å². The molecule has 0 unspecified atom stereocenters. The molecule has 3 aromatic rings. The van der Waals surface area contributed by atoms with E-state index in [1.165, 1.54) is 27.7 Å². The number of para-hydroxylation sites is 1. The first-order valence-corrected chi connectivity index (χ1v) is 10.0. The predicted molar refractivity (Wildman–Crippen MR) is 106 cm³/mol. The van der Waals surface area contributed by atoms with Crippen molar-refractivity contribution in [1.29, 1.82) is 0 Å². The van der Waals surface area contributed by atoms with Gasteiger partial charge in [-0.2, -0.15) is 0 Å². The molecule has 0 aliphatic carbocycles. The van der Waals surface area contributed by atoms with Crippen molar-refractivity contribution in [3.63, 3.8) is 0 Å². The maximum Gasteiger partial charge on any atom is 0.246 e. The van der Waals surface area contributed by atoms with Gasteiger partial charge in [0.25, 0.3) is 0 Å². The maximum absolute atomic E-state index is 13.6. The first-order valence-electron chi connectivity index (χ1n) is 10.0. The van der Waals surface area contributed by atoms with Gasteiger partial charge in [-0.3, -0.25) is 14.4 Å². The van der Waals surface area contributed by atoms with Gasteiger partial charge in [0.05, 0.1) is 29.7 Å². The summed E-state index contributed by atoms with van der Waals surface area (Å²) >= 11 is 0. The van der Waals surface area contributed by atoms with E-state index in [0.717, 1.165) is 32.4 Å². The Morgan fingerprint density at radius 1 is 0.963 bits per heavy atom.